The average molecular weight is 307 g/mol. The van der Waals surface area contributed by atoms with Crippen molar-refractivity contribution in [1.29, 1.82) is 5.26 Å². The summed E-state index contributed by atoms with van der Waals surface area (Å²) in [5.41, 5.74) is 0.586. The van der Waals surface area contributed by atoms with Crippen LogP contribution in [0, 0.1) is 17.2 Å². The third-order valence-corrected chi connectivity index (χ3v) is 4.19. The minimum Gasteiger partial charge on any atom is -0.338 e. The van der Waals surface area contributed by atoms with Crippen molar-refractivity contribution in [3.05, 3.63) is 70.1 Å². The SMILES string of the molecule is N#Cc1cccn(CC2CCN(C(=O)c3ccccc3)C2)c1=O. The van der Waals surface area contributed by atoms with Crippen molar-refractivity contribution < 1.29 is 4.79 Å². The van der Waals surface area contributed by atoms with Crippen molar-refractivity contribution in [1.82, 2.24) is 9.47 Å². The van der Waals surface area contributed by atoms with E-state index in [0.29, 0.717) is 25.2 Å². The van der Waals surface area contributed by atoms with E-state index >= 15 is 0 Å². The van der Waals surface area contributed by atoms with Gasteiger partial charge in [-0.1, -0.05) is 18.2 Å². The van der Waals surface area contributed by atoms with Gasteiger partial charge in [-0.05, 0) is 36.6 Å². The summed E-state index contributed by atoms with van der Waals surface area (Å²) in [5.74, 6) is 0.264. The molecule has 2 aromatic rings. The number of benzene rings is 1. The smallest absolute Gasteiger partial charge is 0.268 e. The first kappa shape index (κ1) is 15.0. The van der Waals surface area contributed by atoms with Crippen LogP contribution >= 0.6 is 0 Å². The van der Waals surface area contributed by atoms with Crippen LogP contribution < -0.4 is 5.56 Å². The van der Waals surface area contributed by atoms with Crippen LogP contribution in [0.1, 0.15) is 22.3 Å². The van der Waals surface area contributed by atoms with Gasteiger partial charge in [-0.2, -0.15) is 5.26 Å². The maximum Gasteiger partial charge on any atom is 0.268 e. The van der Waals surface area contributed by atoms with E-state index in [1.54, 1.807) is 16.8 Å². The second-order valence-corrected chi connectivity index (χ2v) is 5.76. The van der Waals surface area contributed by atoms with Crippen molar-refractivity contribution in [2.24, 2.45) is 5.92 Å². The fourth-order valence-corrected chi connectivity index (χ4v) is 2.97. The second kappa shape index (κ2) is 6.49. The molecule has 1 amide bonds. The molecule has 5 heteroatoms. The Balaban J connectivity index is 1.68. The lowest BCUT2D eigenvalue weighted by Gasteiger charge is -2.17. The third kappa shape index (κ3) is 3.16. The summed E-state index contributed by atoms with van der Waals surface area (Å²) in [5, 5.41) is 8.93. The Bertz CT molecular complexity index is 805. The Labute approximate surface area is 134 Å². The number of carbonyl (C=O) groups excluding carboxylic acids is 1. The molecule has 1 fully saturated rings. The number of aromatic nitrogens is 1. The quantitative estimate of drug-likeness (QED) is 0.869. The number of likely N-dealkylation sites (tertiary alicyclic amines) is 1. The largest absolute Gasteiger partial charge is 0.338 e. The highest BCUT2D eigenvalue weighted by atomic mass is 16.2. The van der Waals surface area contributed by atoms with Gasteiger partial charge in [0.05, 0.1) is 0 Å². The lowest BCUT2D eigenvalue weighted by atomic mass is 10.1. The molecule has 2 heterocycles. The molecule has 1 aliphatic heterocycles. The highest BCUT2D eigenvalue weighted by molar-refractivity contribution is 5.94. The van der Waals surface area contributed by atoms with E-state index in [-0.39, 0.29) is 22.9 Å². The maximum atomic E-state index is 12.4. The summed E-state index contributed by atoms with van der Waals surface area (Å²) in [7, 11) is 0. The van der Waals surface area contributed by atoms with Crippen LogP contribution in [0.15, 0.2) is 53.5 Å². The van der Waals surface area contributed by atoms with E-state index < -0.39 is 0 Å². The first-order chi connectivity index (χ1) is 11.2. The Morgan fingerprint density at radius 2 is 2.00 bits per heavy atom. The number of nitriles is 1. The van der Waals surface area contributed by atoms with Crippen LogP contribution in [0.25, 0.3) is 0 Å². The molecule has 1 aromatic heterocycles. The van der Waals surface area contributed by atoms with Crippen LogP contribution in [0.5, 0.6) is 0 Å². The zero-order chi connectivity index (χ0) is 16.2. The van der Waals surface area contributed by atoms with E-state index in [1.165, 1.54) is 6.07 Å². The van der Waals surface area contributed by atoms with Gasteiger partial charge in [0, 0.05) is 31.4 Å². The molecule has 1 unspecified atom stereocenters. The molecular weight excluding hydrogens is 290 g/mol. The van der Waals surface area contributed by atoms with Crippen molar-refractivity contribution in [2.75, 3.05) is 13.1 Å². The predicted octanol–water partition coefficient (Wildman–Crippen LogP) is 1.88. The Morgan fingerprint density at radius 3 is 2.74 bits per heavy atom. The molecule has 0 saturated carbocycles. The standard InChI is InChI=1S/C18H17N3O2/c19-11-16-7-4-9-20(18(16)23)12-14-8-10-21(13-14)17(22)15-5-2-1-3-6-15/h1-7,9,14H,8,10,12-13H2. The first-order valence-electron chi connectivity index (χ1n) is 7.63. The summed E-state index contributed by atoms with van der Waals surface area (Å²) in [4.78, 5) is 26.3. The molecule has 0 aliphatic carbocycles. The normalized spacial score (nSPS) is 17.0. The van der Waals surface area contributed by atoms with E-state index in [1.807, 2.05) is 41.3 Å². The second-order valence-electron chi connectivity index (χ2n) is 5.76. The van der Waals surface area contributed by atoms with Gasteiger partial charge < -0.3 is 9.47 Å². The highest BCUT2D eigenvalue weighted by Crippen LogP contribution is 2.20. The van der Waals surface area contributed by atoms with Crippen molar-refractivity contribution in [3.8, 4) is 6.07 Å². The summed E-state index contributed by atoms with van der Waals surface area (Å²) in [6.07, 6.45) is 2.56. The summed E-state index contributed by atoms with van der Waals surface area (Å²) < 4.78 is 1.57. The molecule has 1 aromatic carbocycles. The number of carbonyl (C=O) groups is 1. The average Bonchev–Trinajstić information content (AvgIpc) is 3.05. The number of hydrogen-bond donors (Lipinski definition) is 0. The van der Waals surface area contributed by atoms with Gasteiger partial charge in [0.25, 0.3) is 11.5 Å². The first-order valence-corrected chi connectivity index (χ1v) is 7.63. The molecule has 1 saturated heterocycles. The number of rotatable bonds is 3. The van der Waals surface area contributed by atoms with Crippen molar-refractivity contribution >= 4 is 5.91 Å². The van der Waals surface area contributed by atoms with E-state index in [9.17, 15) is 9.59 Å². The van der Waals surface area contributed by atoms with Gasteiger partial charge in [-0.15, -0.1) is 0 Å². The number of hydrogen-bond acceptors (Lipinski definition) is 3. The molecule has 5 nitrogen and oxygen atoms in total. The molecule has 3 rings (SSSR count). The topological polar surface area (TPSA) is 66.1 Å². The molecular formula is C18H17N3O2. The zero-order valence-corrected chi connectivity index (χ0v) is 12.7. The third-order valence-electron chi connectivity index (χ3n) is 4.19. The molecule has 1 aliphatic rings. The number of nitrogens with zero attached hydrogens (tertiary/aromatic N) is 3. The molecule has 1 atom stereocenters. The molecule has 0 radical (unpaired) electrons. The molecule has 0 N–H and O–H groups in total. The Kier molecular flexibility index (Phi) is 4.24. The van der Waals surface area contributed by atoms with Crippen LogP contribution in [0.2, 0.25) is 0 Å². The van der Waals surface area contributed by atoms with E-state index in [2.05, 4.69) is 0 Å². The zero-order valence-electron chi connectivity index (χ0n) is 12.7. The van der Waals surface area contributed by atoms with Crippen LogP contribution in [0.4, 0.5) is 0 Å². The van der Waals surface area contributed by atoms with Crippen LogP contribution in [0.3, 0.4) is 0 Å². The number of amides is 1. The molecule has 0 spiro atoms. The van der Waals surface area contributed by atoms with Gasteiger partial charge in [0.1, 0.15) is 11.6 Å². The Hall–Kier alpha value is -2.87. The Morgan fingerprint density at radius 1 is 1.22 bits per heavy atom. The molecule has 116 valence electrons. The van der Waals surface area contributed by atoms with Gasteiger partial charge in [-0.25, -0.2) is 0 Å². The fraction of sp³-hybridized carbons (Fsp3) is 0.278. The van der Waals surface area contributed by atoms with Gasteiger partial charge >= 0.3 is 0 Å². The maximum absolute atomic E-state index is 12.4. The van der Waals surface area contributed by atoms with E-state index in [0.717, 1.165) is 6.42 Å². The fourth-order valence-electron chi connectivity index (χ4n) is 2.97. The minimum atomic E-state index is -0.261. The molecule has 0 bridgehead atoms. The summed E-state index contributed by atoms with van der Waals surface area (Å²) >= 11 is 0. The predicted molar refractivity (Wildman–Crippen MR) is 85.9 cm³/mol. The number of pyridine rings is 1. The molecule has 23 heavy (non-hydrogen) atoms. The minimum absolute atomic E-state index is 0.0335. The van der Waals surface area contributed by atoms with Gasteiger partial charge in [-0.3, -0.25) is 9.59 Å². The van der Waals surface area contributed by atoms with Gasteiger partial charge in [0.2, 0.25) is 0 Å². The monoisotopic (exact) mass is 307 g/mol. The van der Waals surface area contributed by atoms with Crippen LogP contribution in [-0.2, 0) is 6.54 Å². The van der Waals surface area contributed by atoms with Crippen LogP contribution in [-0.4, -0.2) is 28.5 Å². The lowest BCUT2D eigenvalue weighted by Crippen LogP contribution is -2.30. The lowest BCUT2D eigenvalue weighted by molar-refractivity contribution is 0.0786. The van der Waals surface area contributed by atoms with E-state index in [4.69, 9.17) is 5.26 Å². The highest BCUT2D eigenvalue weighted by Gasteiger charge is 2.27. The van der Waals surface area contributed by atoms with Gasteiger partial charge in [0.15, 0.2) is 0 Å². The van der Waals surface area contributed by atoms with Crippen molar-refractivity contribution in [3.63, 3.8) is 0 Å². The summed E-state index contributed by atoms with van der Waals surface area (Å²) in [6.45, 7) is 1.87. The van der Waals surface area contributed by atoms with Crippen molar-refractivity contribution in [2.45, 2.75) is 13.0 Å². The summed E-state index contributed by atoms with van der Waals surface area (Å²) in [6, 6.07) is 14.4.